The van der Waals surface area contributed by atoms with E-state index >= 15 is 0 Å². The second-order valence-electron chi connectivity index (χ2n) is 7.74. The Kier molecular flexibility index (Phi) is 8.00. The fourth-order valence-corrected chi connectivity index (χ4v) is 5.17. The van der Waals surface area contributed by atoms with Crippen LogP contribution >= 0.6 is 12.0 Å². The summed E-state index contributed by atoms with van der Waals surface area (Å²) in [6.45, 7) is 3.05. The molecule has 1 atom stereocenters. The third kappa shape index (κ3) is 5.86. The maximum Gasteiger partial charge on any atom is 0.133 e. The Bertz CT molecular complexity index is 1320. The zero-order valence-corrected chi connectivity index (χ0v) is 20.5. The number of nitrogen functional groups attached to an aromatic ring is 1. The van der Waals surface area contributed by atoms with E-state index in [1.807, 2.05) is 48.5 Å². The largest absolute Gasteiger partial charge is 0.493 e. The molecule has 34 heavy (non-hydrogen) atoms. The van der Waals surface area contributed by atoms with E-state index in [0.29, 0.717) is 41.5 Å². The van der Waals surface area contributed by atoms with Crippen molar-refractivity contribution >= 4 is 44.3 Å². The Hall–Kier alpha value is -3.13. The topological polar surface area (TPSA) is 85.4 Å². The van der Waals surface area contributed by atoms with Gasteiger partial charge in [-0.3, -0.25) is 5.41 Å². The summed E-state index contributed by atoms with van der Waals surface area (Å²) in [5, 5.41) is 10.4. The molecule has 0 aromatic heterocycles. The molecule has 0 aliphatic heterocycles. The molecule has 0 spiro atoms. The van der Waals surface area contributed by atoms with Gasteiger partial charge in [-0.25, -0.2) is 4.21 Å². The van der Waals surface area contributed by atoms with Crippen molar-refractivity contribution in [2.45, 2.75) is 23.1 Å². The van der Waals surface area contributed by atoms with Gasteiger partial charge in [0.05, 0.1) is 18.1 Å². The number of benzene rings is 4. The maximum atomic E-state index is 13.3. The number of nitrogens with two attached hydrogens (primary N) is 1. The first kappa shape index (κ1) is 24.0. The molecule has 0 aliphatic carbocycles. The predicted molar refractivity (Wildman–Crippen MR) is 141 cm³/mol. The van der Waals surface area contributed by atoms with Crippen LogP contribution in [-0.4, -0.2) is 22.5 Å². The van der Waals surface area contributed by atoms with Crippen molar-refractivity contribution in [2.24, 2.45) is 0 Å². The zero-order valence-electron chi connectivity index (χ0n) is 18.8. The SMILES string of the molecule is Cc1ccc(SOCCCOc2ccc(N)c(C(=N)S(=O)c3cccc4ccccc34)c2)cc1. The van der Waals surface area contributed by atoms with E-state index in [4.69, 9.17) is 20.1 Å². The molecule has 174 valence electrons. The summed E-state index contributed by atoms with van der Waals surface area (Å²) in [5.74, 6) is 0.579. The lowest BCUT2D eigenvalue weighted by Gasteiger charge is -2.12. The molecule has 0 heterocycles. The molecule has 0 aliphatic rings. The number of fused-ring (bicyclic) bond motifs is 1. The smallest absolute Gasteiger partial charge is 0.133 e. The number of aryl methyl sites for hydroxylation is 1. The van der Waals surface area contributed by atoms with Crippen LogP contribution in [0.2, 0.25) is 0 Å². The highest BCUT2D eigenvalue weighted by Gasteiger charge is 2.18. The quantitative estimate of drug-likeness (QED) is 0.0938. The van der Waals surface area contributed by atoms with Crippen LogP contribution in [0, 0.1) is 12.3 Å². The monoisotopic (exact) mass is 490 g/mol. The lowest BCUT2D eigenvalue weighted by Crippen LogP contribution is -2.12. The molecule has 1 unspecified atom stereocenters. The maximum absolute atomic E-state index is 13.3. The highest BCUT2D eigenvalue weighted by atomic mass is 32.2. The number of ether oxygens (including phenoxy) is 1. The van der Waals surface area contributed by atoms with Crippen molar-refractivity contribution in [1.82, 2.24) is 0 Å². The molecule has 4 aromatic carbocycles. The van der Waals surface area contributed by atoms with Gasteiger partial charge in [0, 0.05) is 34.6 Å². The molecule has 0 fully saturated rings. The predicted octanol–water partition coefficient (Wildman–Crippen LogP) is 6.36. The Morgan fingerprint density at radius 1 is 0.971 bits per heavy atom. The van der Waals surface area contributed by atoms with E-state index < -0.39 is 10.8 Å². The highest BCUT2D eigenvalue weighted by molar-refractivity contribution is 8.01. The van der Waals surface area contributed by atoms with Gasteiger partial charge in [0.25, 0.3) is 0 Å². The van der Waals surface area contributed by atoms with Gasteiger partial charge in [-0.15, -0.1) is 0 Å². The van der Waals surface area contributed by atoms with Gasteiger partial charge in [0.2, 0.25) is 0 Å². The Morgan fingerprint density at radius 2 is 1.74 bits per heavy atom. The molecular weight excluding hydrogens is 464 g/mol. The molecule has 7 heteroatoms. The van der Waals surface area contributed by atoms with Crippen LogP contribution in [0.25, 0.3) is 10.8 Å². The Labute approximate surface area is 206 Å². The minimum absolute atomic E-state index is 0.0443. The standard InChI is InChI=1S/C27H26N2O3S2/c1-19-10-13-22(14-11-19)33-32-17-5-16-31-21-12-15-25(28)24(18-21)27(29)34(30)26-9-4-7-20-6-2-3-8-23(20)26/h2-4,6-15,18,29H,5,16-17,28H2,1H3. The van der Waals surface area contributed by atoms with Crippen LogP contribution < -0.4 is 10.5 Å². The molecule has 0 radical (unpaired) electrons. The first-order chi connectivity index (χ1) is 16.5. The van der Waals surface area contributed by atoms with Gasteiger partial charge in [0.15, 0.2) is 0 Å². The summed E-state index contributed by atoms with van der Waals surface area (Å²) < 4.78 is 24.7. The summed E-state index contributed by atoms with van der Waals surface area (Å²) in [7, 11) is -1.68. The zero-order chi connectivity index (χ0) is 23.9. The third-order valence-corrected chi connectivity index (χ3v) is 7.32. The minimum Gasteiger partial charge on any atom is -0.493 e. The first-order valence-electron chi connectivity index (χ1n) is 10.9. The van der Waals surface area contributed by atoms with E-state index in [1.165, 1.54) is 17.6 Å². The van der Waals surface area contributed by atoms with Crippen LogP contribution in [0.1, 0.15) is 17.5 Å². The van der Waals surface area contributed by atoms with Gasteiger partial charge in [-0.1, -0.05) is 54.1 Å². The molecular formula is C27H26N2O3S2. The van der Waals surface area contributed by atoms with Crippen LogP contribution in [-0.2, 0) is 15.0 Å². The van der Waals surface area contributed by atoms with E-state index in [-0.39, 0.29) is 5.04 Å². The van der Waals surface area contributed by atoms with Gasteiger partial charge in [-0.05, 0) is 54.1 Å². The molecule has 0 bridgehead atoms. The lowest BCUT2D eigenvalue weighted by molar-refractivity contribution is 0.267. The number of hydrogen-bond acceptors (Lipinski definition) is 6. The Balaban J connectivity index is 1.35. The number of anilines is 1. The van der Waals surface area contributed by atoms with E-state index in [0.717, 1.165) is 15.7 Å². The number of nitrogens with one attached hydrogen (secondary N) is 1. The van der Waals surface area contributed by atoms with Crippen molar-refractivity contribution in [1.29, 1.82) is 5.41 Å². The fourth-order valence-electron chi connectivity index (χ4n) is 3.40. The van der Waals surface area contributed by atoms with Crippen molar-refractivity contribution in [3.8, 4) is 5.75 Å². The molecule has 0 saturated carbocycles. The van der Waals surface area contributed by atoms with Crippen LogP contribution in [0.4, 0.5) is 5.69 Å². The summed E-state index contributed by atoms with van der Waals surface area (Å²) in [6, 6.07) is 26.6. The van der Waals surface area contributed by atoms with Gasteiger partial charge in [0.1, 0.15) is 21.6 Å². The summed E-state index contributed by atoms with van der Waals surface area (Å²) in [5.41, 5.74) is 8.15. The van der Waals surface area contributed by atoms with Crippen molar-refractivity contribution in [3.05, 3.63) is 96.1 Å². The van der Waals surface area contributed by atoms with E-state index in [2.05, 4.69) is 19.1 Å². The molecule has 0 saturated heterocycles. The number of rotatable bonds is 9. The third-order valence-electron chi connectivity index (χ3n) is 5.22. The average molecular weight is 491 g/mol. The van der Waals surface area contributed by atoms with Crippen molar-refractivity contribution in [3.63, 3.8) is 0 Å². The molecule has 4 aromatic rings. The molecule has 3 N–H and O–H groups in total. The van der Waals surface area contributed by atoms with E-state index in [1.54, 1.807) is 24.3 Å². The highest BCUT2D eigenvalue weighted by Crippen LogP contribution is 2.27. The van der Waals surface area contributed by atoms with Gasteiger partial charge in [-0.2, -0.15) is 0 Å². The van der Waals surface area contributed by atoms with E-state index in [9.17, 15) is 4.21 Å². The lowest BCUT2D eigenvalue weighted by atomic mass is 10.1. The summed E-state index contributed by atoms with van der Waals surface area (Å²) in [6.07, 6.45) is 0.706. The first-order valence-corrected chi connectivity index (χ1v) is 12.8. The van der Waals surface area contributed by atoms with Crippen molar-refractivity contribution < 1.29 is 13.1 Å². The summed E-state index contributed by atoms with van der Waals surface area (Å²) >= 11 is 1.35. The molecule has 4 rings (SSSR count). The normalized spacial score (nSPS) is 11.9. The van der Waals surface area contributed by atoms with Gasteiger partial charge >= 0.3 is 0 Å². The molecule has 5 nitrogen and oxygen atoms in total. The van der Waals surface area contributed by atoms with Crippen LogP contribution in [0.15, 0.2) is 94.7 Å². The van der Waals surface area contributed by atoms with Crippen LogP contribution in [0.5, 0.6) is 5.75 Å². The second kappa shape index (κ2) is 11.3. The Morgan fingerprint density at radius 3 is 2.56 bits per heavy atom. The fraction of sp³-hybridized carbons (Fsp3) is 0.148. The number of hydrogen-bond donors (Lipinski definition) is 2. The summed E-state index contributed by atoms with van der Waals surface area (Å²) in [4.78, 5) is 1.66. The van der Waals surface area contributed by atoms with Crippen molar-refractivity contribution in [2.75, 3.05) is 18.9 Å². The molecule has 0 amide bonds. The van der Waals surface area contributed by atoms with Gasteiger partial charge < -0.3 is 14.7 Å². The minimum atomic E-state index is -1.68. The van der Waals surface area contributed by atoms with Crippen LogP contribution in [0.3, 0.4) is 0 Å². The average Bonchev–Trinajstić information content (AvgIpc) is 2.87. The second-order valence-corrected chi connectivity index (χ2v) is 10.0.